The third-order valence-corrected chi connectivity index (χ3v) is 3.70. The third kappa shape index (κ3) is 4.47. The minimum absolute atomic E-state index is 0.0151. The molecule has 2 amide bonds. The number of nitrogens with one attached hydrogen (secondary N) is 3. The minimum atomic E-state index is -0.168. The normalized spacial score (nSPS) is 24.0. The molecule has 2 rings (SSSR count). The van der Waals surface area contributed by atoms with E-state index in [1.54, 1.807) is 0 Å². The molecule has 0 spiro atoms. The van der Waals surface area contributed by atoms with Crippen LogP contribution < -0.4 is 16.0 Å². The Balaban J connectivity index is 1.62. The van der Waals surface area contributed by atoms with E-state index in [0.717, 1.165) is 39.0 Å². The molecule has 0 aromatic rings. The number of amides is 2. The molecule has 0 saturated carbocycles. The van der Waals surface area contributed by atoms with Gasteiger partial charge in [-0.05, 0) is 19.3 Å². The maximum absolute atomic E-state index is 11.9. The lowest BCUT2D eigenvalue weighted by Crippen LogP contribution is -2.56. The Kier molecular flexibility index (Phi) is 5.60. The van der Waals surface area contributed by atoms with Gasteiger partial charge in [0.1, 0.15) is 0 Å². The van der Waals surface area contributed by atoms with Crippen LogP contribution in [0.5, 0.6) is 0 Å². The zero-order valence-electron chi connectivity index (χ0n) is 11.4. The van der Waals surface area contributed by atoms with Gasteiger partial charge in [-0.25, -0.2) is 0 Å². The molecule has 0 radical (unpaired) electrons. The molecule has 2 aliphatic rings. The van der Waals surface area contributed by atoms with Crippen molar-refractivity contribution in [2.45, 2.75) is 31.7 Å². The first kappa shape index (κ1) is 14.3. The molecule has 6 nitrogen and oxygen atoms in total. The van der Waals surface area contributed by atoms with E-state index in [9.17, 15) is 9.59 Å². The number of hydrogen-bond acceptors (Lipinski definition) is 4. The number of likely N-dealkylation sites (tertiary alicyclic amines) is 1. The highest BCUT2D eigenvalue weighted by molar-refractivity contribution is 5.83. The van der Waals surface area contributed by atoms with Crippen LogP contribution in [0, 0.1) is 0 Å². The van der Waals surface area contributed by atoms with Crippen LogP contribution in [0.25, 0.3) is 0 Å². The second-order valence-electron chi connectivity index (χ2n) is 5.19. The van der Waals surface area contributed by atoms with Gasteiger partial charge in [-0.2, -0.15) is 0 Å². The van der Waals surface area contributed by atoms with Crippen molar-refractivity contribution in [2.75, 3.05) is 39.3 Å². The van der Waals surface area contributed by atoms with Crippen molar-refractivity contribution in [1.29, 1.82) is 0 Å². The summed E-state index contributed by atoms with van der Waals surface area (Å²) in [5, 5.41) is 9.15. The van der Waals surface area contributed by atoms with E-state index in [1.807, 2.05) is 4.90 Å². The second-order valence-corrected chi connectivity index (χ2v) is 5.19. The summed E-state index contributed by atoms with van der Waals surface area (Å²) in [5.41, 5.74) is 0. The van der Waals surface area contributed by atoms with Gasteiger partial charge in [-0.1, -0.05) is 0 Å². The van der Waals surface area contributed by atoms with Gasteiger partial charge >= 0.3 is 0 Å². The molecule has 2 saturated heterocycles. The monoisotopic (exact) mass is 268 g/mol. The van der Waals surface area contributed by atoms with Crippen LogP contribution in [0.15, 0.2) is 0 Å². The largest absolute Gasteiger partial charge is 0.354 e. The fraction of sp³-hybridized carbons (Fsp3) is 0.846. The number of hydrogen-bond donors (Lipinski definition) is 3. The Morgan fingerprint density at radius 3 is 2.63 bits per heavy atom. The fourth-order valence-corrected chi connectivity index (χ4v) is 2.56. The van der Waals surface area contributed by atoms with Gasteiger partial charge in [0.05, 0.1) is 6.04 Å². The molecule has 0 bridgehead atoms. The van der Waals surface area contributed by atoms with Gasteiger partial charge in [0, 0.05) is 45.7 Å². The van der Waals surface area contributed by atoms with Crippen LogP contribution in [0.2, 0.25) is 0 Å². The summed E-state index contributed by atoms with van der Waals surface area (Å²) in [5.74, 6) is 0.147. The molecule has 3 N–H and O–H groups in total. The first-order valence-electron chi connectivity index (χ1n) is 7.27. The minimum Gasteiger partial charge on any atom is -0.354 e. The zero-order valence-corrected chi connectivity index (χ0v) is 11.4. The lowest BCUT2D eigenvalue weighted by Gasteiger charge is -2.27. The lowest BCUT2D eigenvalue weighted by molar-refractivity contribution is -0.132. The molecular formula is C13H24N4O2. The maximum Gasteiger partial charge on any atom is 0.238 e. The predicted octanol–water partition coefficient (Wildman–Crippen LogP) is -0.933. The van der Waals surface area contributed by atoms with E-state index < -0.39 is 0 Å². The Bertz CT molecular complexity index is 280. The molecule has 2 aliphatic heterocycles. The highest BCUT2D eigenvalue weighted by atomic mass is 16.2. The summed E-state index contributed by atoms with van der Waals surface area (Å²) in [6.07, 6.45) is 3.85. The summed E-state index contributed by atoms with van der Waals surface area (Å²) in [6, 6.07) is -0.168. The average molecular weight is 268 g/mol. The molecule has 1 atom stereocenters. The second kappa shape index (κ2) is 7.45. The topological polar surface area (TPSA) is 73.5 Å². The van der Waals surface area contributed by atoms with Crippen molar-refractivity contribution >= 4 is 11.8 Å². The highest BCUT2D eigenvalue weighted by Crippen LogP contribution is 2.09. The standard InChI is InChI=1S/C13H24N4O2/c18-12(17-8-2-1-3-9-17)4-5-16-13(19)11-10-14-6-7-15-11/h11,14-15H,1-10H2,(H,16,19). The molecule has 19 heavy (non-hydrogen) atoms. The summed E-state index contributed by atoms with van der Waals surface area (Å²) < 4.78 is 0. The van der Waals surface area contributed by atoms with Crippen LogP contribution in [0.3, 0.4) is 0 Å². The Morgan fingerprint density at radius 1 is 1.16 bits per heavy atom. The van der Waals surface area contributed by atoms with E-state index >= 15 is 0 Å². The molecule has 0 aromatic carbocycles. The Labute approximate surface area is 114 Å². The number of piperazine rings is 1. The highest BCUT2D eigenvalue weighted by Gasteiger charge is 2.20. The van der Waals surface area contributed by atoms with Crippen LogP contribution in [-0.2, 0) is 9.59 Å². The van der Waals surface area contributed by atoms with Gasteiger partial charge < -0.3 is 20.9 Å². The predicted molar refractivity (Wildman–Crippen MR) is 72.7 cm³/mol. The van der Waals surface area contributed by atoms with Crippen molar-refractivity contribution in [2.24, 2.45) is 0 Å². The van der Waals surface area contributed by atoms with E-state index in [4.69, 9.17) is 0 Å². The first-order chi connectivity index (χ1) is 9.27. The molecule has 0 aromatic heterocycles. The van der Waals surface area contributed by atoms with Gasteiger partial charge in [0.25, 0.3) is 0 Å². The van der Waals surface area contributed by atoms with Gasteiger partial charge in [0.2, 0.25) is 11.8 Å². The number of carbonyl (C=O) groups is 2. The summed E-state index contributed by atoms with van der Waals surface area (Å²) in [4.78, 5) is 25.6. The Morgan fingerprint density at radius 2 is 1.95 bits per heavy atom. The molecule has 2 fully saturated rings. The molecular weight excluding hydrogens is 244 g/mol. The number of rotatable bonds is 4. The van der Waals surface area contributed by atoms with E-state index in [1.165, 1.54) is 6.42 Å². The SMILES string of the molecule is O=C(NCCC(=O)N1CCCCC1)C1CNCCN1. The fourth-order valence-electron chi connectivity index (χ4n) is 2.56. The summed E-state index contributed by atoms with van der Waals surface area (Å²) >= 11 is 0. The summed E-state index contributed by atoms with van der Waals surface area (Å²) in [6.45, 7) is 4.56. The number of piperidine rings is 1. The van der Waals surface area contributed by atoms with E-state index in [0.29, 0.717) is 19.5 Å². The van der Waals surface area contributed by atoms with Gasteiger partial charge in [-0.15, -0.1) is 0 Å². The van der Waals surface area contributed by atoms with E-state index in [2.05, 4.69) is 16.0 Å². The van der Waals surface area contributed by atoms with Crippen LogP contribution in [0.1, 0.15) is 25.7 Å². The Hall–Kier alpha value is -1.14. The van der Waals surface area contributed by atoms with Crippen molar-refractivity contribution < 1.29 is 9.59 Å². The third-order valence-electron chi connectivity index (χ3n) is 3.70. The zero-order chi connectivity index (χ0) is 13.5. The van der Waals surface area contributed by atoms with Gasteiger partial charge in [0.15, 0.2) is 0 Å². The lowest BCUT2D eigenvalue weighted by atomic mass is 10.1. The van der Waals surface area contributed by atoms with Crippen LogP contribution in [-0.4, -0.2) is 62.0 Å². The number of nitrogens with zero attached hydrogens (tertiary/aromatic N) is 1. The molecule has 2 heterocycles. The molecule has 0 aliphatic carbocycles. The maximum atomic E-state index is 11.9. The molecule has 1 unspecified atom stereocenters. The van der Waals surface area contributed by atoms with Crippen molar-refractivity contribution in [3.63, 3.8) is 0 Å². The number of carbonyl (C=O) groups excluding carboxylic acids is 2. The van der Waals surface area contributed by atoms with Crippen LogP contribution >= 0.6 is 0 Å². The first-order valence-corrected chi connectivity index (χ1v) is 7.27. The van der Waals surface area contributed by atoms with Crippen molar-refractivity contribution in [1.82, 2.24) is 20.9 Å². The van der Waals surface area contributed by atoms with Crippen molar-refractivity contribution in [3.05, 3.63) is 0 Å². The van der Waals surface area contributed by atoms with Crippen molar-refractivity contribution in [3.8, 4) is 0 Å². The molecule has 6 heteroatoms. The summed E-state index contributed by atoms with van der Waals surface area (Å²) in [7, 11) is 0. The quantitative estimate of drug-likeness (QED) is 0.616. The molecule has 108 valence electrons. The van der Waals surface area contributed by atoms with Gasteiger partial charge in [-0.3, -0.25) is 9.59 Å². The smallest absolute Gasteiger partial charge is 0.238 e. The van der Waals surface area contributed by atoms with E-state index in [-0.39, 0.29) is 17.9 Å². The van der Waals surface area contributed by atoms with Crippen LogP contribution in [0.4, 0.5) is 0 Å². The average Bonchev–Trinajstić information content (AvgIpc) is 2.49.